The maximum atomic E-state index is 2.56. The third-order valence-corrected chi connectivity index (χ3v) is 12.4. The van der Waals surface area contributed by atoms with Crippen LogP contribution in [-0.4, -0.2) is 0 Å². The third kappa shape index (κ3) is 4.17. The number of nitrogens with zero attached hydrogens (tertiary/aromatic N) is 1. The van der Waals surface area contributed by atoms with E-state index >= 15 is 0 Å². The molecule has 0 amide bonds. The van der Waals surface area contributed by atoms with Crippen molar-refractivity contribution < 1.29 is 0 Å². The normalized spacial score (nSPS) is 15.4. The molecule has 1 fully saturated rings. The molecule has 0 unspecified atom stereocenters. The molecule has 0 saturated heterocycles. The van der Waals surface area contributed by atoms with Crippen LogP contribution in [0.5, 0.6) is 0 Å². The highest BCUT2D eigenvalue weighted by Gasteiger charge is 2.52. The van der Waals surface area contributed by atoms with E-state index < -0.39 is 5.41 Å². The number of hydrogen-bond acceptors (Lipinski definition) is 1. The van der Waals surface area contributed by atoms with Crippen LogP contribution in [0.4, 0.5) is 17.1 Å². The van der Waals surface area contributed by atoms with E-state index in [1.807, 2.05) is 0 Å². The monoisotopic (exact) mass is 665 g/mol. The van der Waals surface area contributed by atoms with Crippen LogP contribution in [0.3, 0.4) is 0 Å². The number of hydrogen-bond donors (Lipinski definition) is 0. The highest BCUT2D eigenvalue weighted by atomic mass is 15.1. The second kappa shape index (κ2) is 11.6. The molecule has 0 heterocycles. The fourth-order valence-corrected chi connectivity index (χ4v) is 10.2. The van der Waals surface area contributed by atoms with Crippen LogP contribution in [0.25, 0.3) is 43.8 Å². The first-order chi connectivity index (χ1) is 25.8. The average Bonchev–Trinajstić information content (AvgIpc) is 3.68. The van der Waals surface area contributed by atoms with Gasteiger partial charge in [0.2, 0.25) is 0 Å². The molecule has 3 aliphatic carbocycles. The minimum Gasteiger partial charge on any atom is -0.310 e. The molecule has 8 aromatic rings. The maximum Gasteiger partial charge on any atom is 0.0726 e. The molecule has 52 heavy (non-hydrogen) atoms. The lowest BCUT2D eigenvalue weighted by atomic mass is 9.70. The Morgan fingerprint density at radius 1 is 0.423 bits per heavy atom. The third-order valence-electron chi connectivity index (χ3n) is 12.4. The lowest BCUT2D eigenvalue weighted by Crippen LogP contribution is -2.26. The zero-order valence-electron chi connectivity index (χ0n) is 29.2. The van der Waals surface area contributed by atoms with E-state index in [4.69, 9.17) is 0 Å². The van der Waals surface area contributed by atoms with Gasteiger partial charge in [-0.2, -0.15) is 0 Å². The van der Waals surface area contributed by atoms with Crippen molar-refractivity contribution in [3.05, 3.63) is 198 Å². The summed E-state index contributed by atoms with van der Waals surface area (Å²) in [5, 5.41) is 5.12. The SMILES string of the molecule is c1ccc(N(c2ccc(C3CCCCC3)cc2)c2cc3c(c4ccccc24)-c2cc4ccccc4cc2C32c3ccccc3-c3ccccc32)cc1. The molecule has 8 aromatic carbocycles. The second-order valence-electron chi connectivity index (χ2n) is 15.0. The molecule has 0 aliphatic heterocycles. The van der Waals surface area contributed by atoms with E-state index in [9.17, 15) is 0 Å². The molecule has 1 nitrogen and oxygen atoms in total. The van der Waals surface area contributed by atoms with Gasteiger partial charge in [0.15, 0.2) is 0 Å². The number of para-hydroxylation sites is 1. The van der Waals surface area contributed by atoms with Gasteiger partial charge in [-0.25, -0.2) is 0 Å². The molecule has 0 atom stereocenters. The number of benzene rings is 8. The van der Waals surface area contributed by atoms with E-state index in [0.717, 1.165) is 0 Å². The van der Waals surface area contributed by atoms with Crippen LogP contribution in [-0.2, 0) is 5.41 Å². The van der Waals surface area contributed by atoms with E-state index in [0.29, 0.717) is 5.92 Å². The Morgan fingerprint density at radius 2 is 1.00 bits per heavy atom. The fraction of sp³-hybridized carbons (Fsp3) is 0.137. The molecule has 1 spiro atoms. The van der Waals surface area contributed by atoms with E-state index in [2.05, 4.69) is 175 Å². The fourth-order valence-electron chi connectivity index (χ4n) is 10.2. The summed E-state index contributed by atoms with van der Waals surface area (Å²) in [4.78, 5) is 2.51. The molecule has 0 radical (unpaired) electrons. The Balaban J connectivity index is 1.24. The first kappa shape index (κ1) is 29.8. The maximum absolute atomic E-state index is 2.56. The van der Waals surface area contributed by atoms with Crippen LogP contribution in [0.2, 0.25) is 0 Å². The quantitative estimate of drug-likeness (QED) is 0.181. The van der Waals surface area contributed by atoms with Gasteiger partial charge in [0.25, 0.3) is 0 Å². The summed E-state index contributed by atoms with van der Waals surface area (Å²) >= 11 is 0. The molecule has 0 aromatic heterocycles. The standard InChI is InChI=1S/C51H39N/c1-3-15-34(16-4-1)35-27-29-39(30-28-35)52(38-19-5-2-6-20-38)49-33-48-50(43-24-10-9-23-42(43)49)44-31-36-17-7-8-18-37(36)32-47(44)51(48)45-25-13-11-21-40(45)41-22-12-14-26-46(41)51/h2,5-14,17-34H,1,3-4,15-16H2. The second-order valence-corrected chi connectivity index (χ2v) is 15.0. The molecule has 3 aliphatic rings. The molecular formula is C51H39N. The van der Waals surface area contributed by atoms with Crippen molar-refractivity contribution >= 4 is 38.6 Å². The topological polar surface area (TPSA) is 3.24 Å². The van der Waals surface area contributed by atoms with Crippen molar-refractivity contribution in [1.29, 1.82) is 0 Å². The summed E-state index contributed by atoms with van der Waals surface area (Å²) in [5.74, 6) is 0.671. The summed E-state index contributed by atoms with van der Waals surface area (Å²) < 4.78 is 0. The predicted octanol–water partition coefficient (Wildman–Crippen LogP) is 13.9. The Kier molecular flexibility index (Phi) is 6.61. The smallest absolute Gasteiger partial charge is 0.0726 e. The largest absolute Gasteiger partial charge is 0.310 e. The first-order valence-electron chi connectivity index (χ1n) is 19.0. The predicted molar refractivity (Wildman–Crippen MR) is 218 cm³/mol. The summed E-state index contributed by atoms with van der Waals surface area (Å²) in [7, 11) is 0. The summed E-state index contributed by atoms with van der Waals surface area (Å²) in [6, 6.07) is 64.3. The van der Waals surface area contributed by atoms with Crippen molar-refractivity contribution in [3.8, 4) is 22.3 Å². The number of fused-ring (bicyclic) bond motifs is 13. The van der Waals surface area contributed by atoms with Gasteiger partial charge in [0, 0.05) is 16.8 Å². The minimum atomic E-state index is -0.451. The Hall–Kier alpha value is -5.92. The van der Waals surface area contributed by atoms with Crippen molar-refractivity contribution in [2.24, 2.45) is 0 Å². The Bertz CT molecular complexity index is 2620. The summed E-state index contributed by atoms with van der Waals surface area (Å²) in [6.45, 7) is 0. The number of anilines is 3. The van der Waals surface area contributed by atoms with Gasteiger partial charge < -0.3 is 4.90 Å². The zero-order chi connectivity index (χ0) is 34.2. The Morgan fingerprint density at radius 3 is 1.71 bits per heavy atom. The molecular weight excluding hydrogens is 627 g/mol. The van der Waals surface area contributed by atoms with Crippen LogP contribution in [0.15, 0.2) is 170 Å². The lowest BCUT2D eigenvalue weighted by Gasteiger charge is -2.33. The number of rotatable bonds is 4. The van der Waals surface area contributed by atoms with Gasteiger partial charge in [-0.1, -0.05) is 147 Å². The van der Waals surface area contributed by atoms with Crippen LogP contribution in [0, 0.1) is 0 Å². The highest BCUT2D eigenvalue weighted by Crippen LogP contribution is 2.65. The molecule has 11 rings (SSSR count). The summed E-state index contributed by atoms with van der Waals surface area (Å²) in [6.07, 6.45) is 6.67. The van der Waals surface area contributed by atoms with Crippen molar-refractivity contribution in [1.82, 2.24) is 0 Å². The van der Waals surface area contributed by atoms with Gasteiger partial charge >= 0.3 is 0 Å². The highest BCUT2D eigenvalue weighted by molar-refractivity contribution is 6.13. The van der Waals surface area contributed by atoms with Crippen LogP contribution >= 0.6 is 0 Å². The van der Waals surface area contributed by atoms with Gasteiger partial charge in [-0.05, 0) is 127 Å². The molecule has 0 N–H and O–H groups in total. The molecule has 1 heteroatoms. The lowest BCUT2D eigenvalue weighted by molar-refractivity contribution is 0.443. The van der Waals surface area contributed by atoms with Crippen molar-refractivity contribution in [2.45, 2.75) is 43.4 Å². The Labute approximate surface area is 305 Å². The van der Waals surface area contributed by atoms with Crippen LogP contribution in [0.1, 0.15) is 65.8 Å². The van der Waals surface area contributed by atoms with Gasteiger partial charge in [0.05, 0.1) is 11.1 Å². The van der Waals surface area contributed by atoms with Crippen LogP contribution < -0.4 is 4.90 Å². The van der Waals surface area contributed by atoms with Gasteiger partial charge in [-0.15, -0.1) is 0 Å². The van der Waals surface area contributed by atoms with Gasteiger partial charge in [0.1, 0.15) is 0 Å². The first-order valence-corrected chi connectivity index (χ1v) is 19.0. The van der Waals surface area contributed by atoms with E-state index in [1.54, 1.807) is 0 Å². The molecule has 0 bridgehead atoms. The summed E-state index contributed by atoms with van der Waals surface area (Å²) in [5.41, 5.74) is 15.4. The molecule has 248 valence electrons. The van der Waals surface area contributed by atoms with Crippen molar-refractivity contribution in [2.75, 3.05) is 4.90 Å². The average molecular weight is 666 g/mol. The zero-order valence-corrected chi connectivity index (χ0v) is 29.2. The van der Waals surface area contributed by atoms with E-state index in [1.165, 1.54) is 121 Å². The minimum absolute atomic E-state index is 0.451. The van der Waals surface area contributed by atoms with Crippen molar-refractivity contribution in [3.63, 3.8) is 0 Å². The van der Waals surface area contributed by atoms with E-state index in [-0.39, 0.29) is 0 Å². The molecule has 1 saturated carbocycles. The van der Waals surface area contributed by atoms with Gasteiger partial charge in [-0.3, -0.25) is 0 Å².